The van der Waals surface area contributed by atoms with Crippen molar-refractivity contribution >= 4 is 21.6 Å². The Labute approximate surface area is 173 Å². The molecule has 10 heteroatoms. The lowest BCUT2D eigenvalue weighted by atomic mass is 10.1. The molecule has 0 aliphatic heterocycles. The molecule has 0 radical (unpaired) electrons. The van der Waals surface area contributed by atoms with E-state index in [-0.39, 0.29) is 17.2 Å². The van der Waals surface area contributed by atoms with Crippen LogP contribution in [-0.2, 0) is 21.2 Å². The average Bonchev–Trinajstić information content (AvgIpc) is 3.20. The van der Waals surface area contributed by atoms with E-state index in [1.54, 1.807) is 38.6 Å². The molecular weight excluding hydrogens is 410 g/mol. The highest BCUT2D eigenvalue weighted by atomic mass is 32.2. The van der Waals surface area contributed by atoms with E-state index in [1.165, 1.54) is 24.3 Å². The molecule has 1 heterocycles. The summed E-state index contributed by atoms with van der Waals surface area (Å²) in [4.78, 5) is 16.3. The summed E-state index contributed by atoms with van der Waals surface area (Å²) in [7, 11) is -0.652. The standard InChI is InChI=1S/C20H21N3O6S/c1-27-14-5-8-16(17(11-14)28-2)18-12-22-20(29-18)10-9-19(24)23-13-3-6-15(7-4-13)30(21,25)26/h3-8,11-12H,9-10H2,1-2H3,(H,23,24)(H2,21,25,26). The van der Waals surface area contributed by atoms with Crippen molar-refractivity contribution in [3.63, 3.8) is 0 Å². The number of carbonyl (C=O) groups excluding carboxylic acids is 1. The lowest BCUT2D eigenvalue weighted by Gasteiger charge is -2.08. The number of hydrogen-bond acceptors (Lipinski definition) is 7. The van der Waals surface area contributed by atoms with E-state index >= 15 is 0 Å². The largest absolute Gasteiger partial charge is 0.497 e. The van der Waals surface area contributed by atoms with E-state index in [0.717, 1.165) is 5.56 Å². The van der Waals surface area contributed by atoms with Crippen molar-refractivity contribution in [2.24, 2.45) is 5.14 Å². The number of benzene rings is 2. The number of hydrogen-bond donors (Lipinski definition) is 2. The van der Waals surface area contributed by atoms with Gasteiger partial charge in [0.25, 0.3) is 0 Å². The predicted molar refractivity (Wildman–Crippen MR) is 110 cm³/mol. The van der Waals surface area contributed by atoms with E-state index in [1.807, 2.05) is 0 Å². The lowest BCUT2D eigenvalue weighted by Crippen LogP contribution is -2.14. The summed E-state index contributed by atoms with van der Waals surface area (Å²) in [6.45, 7) is 0. The predicted octanol–water partition coefficient (Wildman–Crippen LogP) is 2.58. The van der Waals surface area contributed by atoms with Crippen molar-refractivity contribution in [2.45, 2.75) is 17.7 Å². The van der Waals surface area contributed by atoms with Crippen molar-refractivity contribution in [1.82, 2.24) is 4.98 Å². The summed E-state index contributed by atoms with van der Waals surface area (Å²) in [6, 6.07) is 10.9. The molecule has 2 aromatic carbocycles. The Morgan fingerprint density at radius 1 is 1.13 bits per heavy atom. The van der Waals surface area contributed by atoms with E-state index in [9.17, 15) is 13.2 Å². The summed E-state index contributed by atoms with van der Waals surface area (Å²) in [5.41, 5.74) is 1.18. The number of nitrogens with one attached hydrogen (secondary N) is 1. The Kier molecular flexibility index (Phi) is 6.38. The number of sulfonamides is 1. The first-order valence-corrected chi connectivity index (χ1v) is 10.4. The van der Waals surface area contributed by atoms with Crippen LogP contribution in [0.15, 0.2) is 58.0 Å². The number of ether oxygens (including phenoxy) is 2. The Hall–Kier alpha value is -3.37. The summed E-state index contributed by atoms with van der Waals surface area (Å²) in [6.07, 6.45) is 2.00. The molecule has 1 amide bonds. The number of methoxy groups -OCH3 is 2. The van der Waals surface area contributed by atoms with Crippen LogP contribution in [0.5, 0.6) is 11.5 Å². The molecular formula is C20H21N3O6S. The van der Waals surface area contributed by atoms with Gasteiger partial charge in [0.05, 0.1) is 30.9 Å². The molecule has 0 saturated heterocycles. The van der Waals surface area contributed by atoms with Crippen LogP contribution in [0.2, 0.25) is 0 Å². The van der Waals surface area contributed by atoms with Gasteiger partial charge >= 0.3 is 0 Å². The number of aryl methyl sites for hydroxylation is 1. The van der Waals surface area contributed by atoms with Gasteiger partial charge in [-0.25, -0.2) is 18.5 Å². The molecule has 3 rings (SSSR count). The van der Waals surface area contributed by atoms with Crippen LogP contribution in [0.4, 0.5) is 5.69 Å². The number of amides is 1. The van der Waals surface area contributed by atoms with Gasteiger partial charge in [0.15, 0.2) is 11.7 Å². The normalized spacial score (nSPS) is 11.2. The molecule has 0 aliphatic carbocycles. The topological polar surface area (TPSA) is 134 Å². The maximum atomic E-state index is 12.2. The molecule has 3 N–H and O–H groups in total. The van der Waals surface area contributed by atoms with Crippen LogP contribution in [0.1, 0.15) is 12.3 Å². The third-order valence-corrected chi connectivity index (χ3v) is 5.19. The second-order valence-electron chi connectivity index (χ2n) is 6.30. The Bertz CT molecular complexity index is 1140. The Balaban J connectivity index is 1.61. The number of oxazole rings is 1. The number of carbonyl (C=O) groups is 1. The first kappa shape index (κ1) is 21.3. The molecule has 0 aliphatic rings. The van der Waals surface area contributed by atoms with Gasteiger partial charge in [0.2, 0.25) is 15.9 Å². The molecule has 0 bridgehead atoms. The number of nitrogens with zero attached hydrogens (tertiary/aromatic N) is 1. The van der Waals surface area contributed by atoms with Crippen LogP contribution in [0, 0.1) is 0 Å². The Morgan fingerprint density at radius 3 is 2.50 bits per heavy atom. The number of anilines is 1. The van der Waals surface area contributed by atoms with Crippen LogP contribution in [0.25, 0.3) is 11.3 Å². The van der Waals surface area contributed by atoms with E-state index in [0.29, 0.717) is 35.3 Å². The van der Waals surface area contributed by atoms with Crippen molar-refractivity contribution in [3.8, 4) is 22.8 Å². The van der Waals surface area contributed by atoms with E-state index < -0.39 is 10.0 Å². The maximum absolute atomic E-state index is 12.2. The second kappa shape index (κ2) is 8.97. The maximum Gasteiger partial charge on any atom is 0.238 e. The third kappa shape index (κ3) is 5.16. The lowest BCUT2D eigenvalue weighted by molar-refractivity contribution is -0.116. The van der Waals surface area contributed by atoms with Gasteiger partial charge in [-0.15, -0.1) is 0 Å². The van der Waals surface area contributed by atoms with Crippen LogP contribution in [0.3, 0.4) is 0 Å². The average molecular weight is 431 g/mol. The minimum atomic E-state index is -3.77. The smallest absolute Gasteiger partial charge is 0.238 e. The molecule has 0 unspecified atom stereocenters. The first-order chi connectivity index (χ1) is 14.3. The van der Waals surface area contributed by atoms with Gasteiger partial charge in [-0.1, -0.05) is 0 Å². The van der Waals surface area contributed by atoms with Gasteiger partial charge in [0.1, 0.15) is 11.5 Å². The van der Waals surface area contributed by atoms with Crippen molar-refractivity contribution in [3.05, 3.63) is 54.6 Å². The molecule has 9 nitrogen and oxygen atoms in total. The monoisotopic (exact) mass is 431 g/mol. The summed E-state index contributed by atoms with van der Waals surface area (Å²) in [5.74, 6) is 1.90. The van der Waals surface area contributed by atoms with Gasteiger partial charge in [-0.05, 0) is 36.4 Å². The fraction of sp³-hybridized carbons (Fsp3) is 0.200. The molecule has 158 valence electrons. The van der Waals surface area contributed by atoms with Crippen molar-refractivity contribution in [2.75, 3.05) is 19.5 Å². The number of primary sulfonamides is 1. The van der Waals surface area contributed by atoms with Crippen LogP contribution >= 0.6 is 0 Å². The highest BCUT2D eigenvalue weighted by Gasteiger charge is 2.14. The first-order valence-electron chi connectivity index (χ1n) is 8.90. The van der Waals surface area contributed by atoms with E-state index in [4.69, 9.17) is 19.0 Å². The third-order valence-electron chi connectivity index (χ3n) is 4.26. The molecule has 3 aromatic rings. The minimum Gasteiger partial charge on any atom is -0.497 e. The number of nitrogens with two attached hydrogens (primary N) is 1. The van der Waals surface area contributed by atoms with Gasteiger partial charge in [-0.2, -0.15) is 0 Å². The van der Waals surface area contributed by atoms with Gasteiger partial charge in [-0.3, -0.25) is 4.79 Å². The Morgan fingerprint density at radius 2 is 1.87 bits per heavy atom. The molecule has 0 atom stereocenters. The van der Waals surface area contributed by atoms with Crippen molar-refractivity contribution < 1.29 is 27.1 Å². The quantitative estimate of drug-likeness (QED) is 0.560. The zero-order chi connectivity index (χ0) is 21.7. The minimum absolute atomic E-state index is 0.0261. The fourth-order valence-corrected chi connectivity index (χ4v) is 3.24. The van der Waals surface area contributed by atoms with E-state index in [2.05, 4.69) is 10.3 Å². The SMILES string of the molecule is COc1ccc(-c2cnc(CCC(=O)Nc3ccc(S(N)(=O)=O)cc3)o2)c(OC)c1. The van der Waals surface area contributed by atoms with Crippen molar-refractivity contribution in [1.29, 1.82) is 0 Å². The molecule has 0 spiro atoms. The molecule has 0 saturated carbocycles. The highest BCUT2D eigenvalue weighted by Crippen LogP contribution is 2.33. The molecule has 30 heavy (non-hydrogen) atoms. The fourth-order valence-electron chi connectivity index (χ4n) is 2.72. The molecule has 0 fully saturated rings. The van der Waals surface area contributed by atoms with Crippen LogP contribution < -0.4 is 19.9 Å². The molecule has 1 aromatic heterocycles. The summed E-state index contributed by atoms with van der Waals surface area (Å²) >= 11 is 0. The number of aromatic nitrogens is 1. The van der Waals surface area contributed by atoms with Gasteiger partial charge in [0, 0.05) is 24.6 Å². The van der Waals surface area contributed by atoms with Crippen LogP contribution in [-0.4, -0.2) is 33.5 Å². The zero-order valence-corrected chi connectivity index (χ0v) is 17.2. The summed E-state index contributed by atoms with van der Waals surface area (Å²) < 4.78 is 38.8. The summed E-state index contributed by atoms with van der Waals surface area (Å²) in [5, 5.41) is 7.73. The zero-order valence-electron chi connectivity index (χ0n) is 16.4. The second-order valence-corrected chi connectivity index (χ2v) is 7.86. The highest BCUT2D eigenvalue weighted by molar-refractivity contribution is 7.89. The number of rotatable bonds is 8. The van der Waals surface area contributed by atoms with Gasteiger partial charge < -0.3 is 19.2 Å².